The predicted octanol–water partition coefficient (Wildman–Crippen LogP) is 2.38. The molecule has 1 aromatic heterocycles. The van der Waals surface area contributed by atoms with Crippen LogP contribution in [0, 0.1) is 11.8 Å². The van der Waals surface area contributed by atoms with Gasteiger partial charge in [-0.15, -0.1) is 0 Å². The van der Waals surface area contributed by atoms with Crippen LogP contribution in [0.25, 0.3) is 0 Å². The minimum atomic E-state index is -0.560. The molecule has 2 unspecified atom stereocenters. The summed E-state index contributed by atoms with van der Waals surface area (Å²) in [7, 11) is 0. The van der Waals surface area contributed by atoms with Crippen LogP contribution in [-0.2, 0) is 17.7 Å². The van der Waals surface area contributed by atoms with Crippen molar-refractivity contribution in [3.05, 3.63) is 93.2 Å². The first-order valence-corrected chi connectivity index (χ1v) is 11.5. The Kier molecular flexibility index (Phi) is 7.76. The summed E-state index contributed by atoms with van der Waals surface area (Å²) >= 11 is 0. The maximum atomic E-state index is 11.8. The number of morpholine rings is 1. The summed E-state index contributed by atoms with van der Waals surface area (Å²) in [5, 5.41) is 10.1. The third-order valence-corrected chi connectivity index (χ3v) is 6.07. The number of rotatable bonds is 6. The first-order chi connectivity index (χ1) is 16.5. The summed E-state index contributed by atoms with van der Waals surface area (Å²) in [5.74, 6) is 5.78. The standard InChI is InChI=1S/C27H30N4O3/c1-19(28)24(25-26(32)27(33)30-18-29-25)16-22-8-4-20(5-9-22)2-3-21-6-10-23(11-7-21)17-31-12-14-34-15-13-31/h4-11,18-19,24,32H,12-17,28H2,1H3,(H,29,30,33). The third kappa shape index (κ3) is 6.12. The van der Waals surface area contributed by atoms with Crippen molar-refractivity contribution >= 4 is 0 Å². The van der Waals surface area contributed by atoms with Crippen LogP contribution in [0.3, 0.4) is 0 Å². The minimum absolute atomic E-state index is 0.282. The van der Waals surface area contributed by atoms with Crippen molar-refractivity contribution < 1.29 is 9.84 Å². The number of hydrogen-bond donors (Lipinski definition) is 3. The van der Waals surface area contributed by atoms with Crippen LogP contribution >= 0.6 is 0 Å². The van der Waals surface area contributed by atoms with E-state index in [4.69, 9.17) is 10.5 Å². The highest BCUT2D eigenvalue weighted by Gasteiger charge is 2.23. The van der Waals surface area contributed by atoms with E-state index in [1.165, 1.54) is 11.9 Å². The fourth-order valence-electron chi connectivity index (χ4n) is 4.04. The molecule has 2 aromatic carbocycles. The molecule has 176 valence electrons. The van der Waals surface area contributed by atoms with Gasteiger partial charge in [-0.25, -0.2) is 4.98 Å². The van der Waals surface area contributed by atoms with Gasteiger partial charge in [-0.2, -0.15) is 0 Å². The number of hydrogen-bond acceptors (Lipinski definition) is 6. The molecule has 1 aliphatic rings. The molecule has 3 aromatic rings. The van der Waals surface area contributed by atoms with E-state index in [1.54, 1.807) is 0 Å². The van der Waals surface area contributed by atoms with E-state index in [0.29, 0.717) is 12.1 Å². The average molecular weight is 459 g/mol. The second-order valence-corrected chi connectivity index (χ2v) is 8.67. The largest absolute Gasteiger partial charge is 0.502 e. The molecule has 7 heteroatoms. The number of ether oxygens (including phenoxy) is 1. The van der Waals surface area contributed by atoms with Crippen molar-refractivity contribution in [3.63, 3.8) is 0 Å². The zero-order chi connectivity index (χ0) is 23.9. The number of nitrogens with one attached hydrogen (secondary N) is 1. The number of aromatic amines is 1. The van der Waals surface area contributed by atoms with Crippen molar-refractivity contribution in [1.82, 2.24) is 14.9 Å². The van der Waals surface area contributed by atoms with Gasteiger partial charge in [0, 0.05) is 42.7 Å². The lowest BCUT2D eigenvalue weighted by molar-refractivity contribution is 0.0342. The third-order valence-electron chi connectivity index (χ3n) is 6.07. The summed E-state index contributed by atoms with van der Waals surface area (Å²) in [6.45, 7) is 6.34. The molecule has 0 aliphatic carbocycles. The molecule has 0 radical (unpaired) electrons. The van der Waals surface area contributed by atoms with E-state index < -0.39 is 5.56 Å². The molecule has 2 heterocycles. The van der Waals surface area contributed by atoms with Crippen molar-refractivity contribution in [2.24, 2.45) is 5.73 Å². The van der Waals surface area contributed by atoms with Crippen LogP contribution in [0.2, 0.25) is 0 Å². The highest BCUT2D eigenvalue weighted by atomic mass is 16.5. The highest BCUT2D eigenvalue weighted by molar-refractivity contribution is 5.44. The molecule has 7 nitrogen and oxygen atoms in total. The summed E-state index contributed by atoms with van der Waals surface area (Å²) < 4.78 is 5.41. The number of benzene rings is 2. The molecule has 0 spiro atoms. The van der Waals surface area contributed by atoms with E-state index in [2.05, 4.69) is 51.0 Å². The van der Waals surface area contributed by atoms with Crippen LogP contribution in [-0.4, -0.2) is 52.3 Å². The SMILES string of the molecule is CC(N)C(Cc1ccc(C#Cc2ccc(CN3CCOCC3)cc2)cc1)c1nc[nH]c(=O)c1O. The van der Waals surface area contributed by atoms with E-state index in [-0.39, 0.29) is 17.7 Å². The van der Waals surface area contributed by atoms with Gasteiger partial charge in [0.2, 0.25) is 5.75 Å². The molecule has 2 atom stereocenters. The van der Waals surface area contributed by atoms with Crippen molar-refractivity contribution in [1.29, 1.82) is 0 Å². The molecular weight excluding hydrogens is 428 g/mol. The number of aromatic nitrogens is 2. The summed E-state index contributed by atoms with van der Waals surface area (Å²) in [6, 6.07) is 16.0. The Labute approximate surface area is 199 Å². The fourth-order valence-corrected chi connectivity index (χ4v) is 4.04. The van der Waals surface area contributed by atoms with Gasteiger partial charge < -0.3 is 20.6 Å². The number of nitrogens with zero attached hydrogens (tertiary/aromatic N) is 2. The molecule has 0 saturated carbocycles. The van der Waals surface area contributed by atoms with Gasteiger partial charge in [0.05, 0.1) is 25.2 Å². The Morgan fingerprint density at radius 1 is 1.06 bits per heavy atom. The zero-order valence-electron chi connectivity index (χ0n) is 19.3. The van der Waals surface area contributed by atoms with Crippen LogP contribution in [0.15, 0.2) is 59.7 Å². The second-order valence-electron chi connectivity index (χ2n) is 8.67. The van der Waals surface area contributed by atoms with E-state index in [1.807, 2.05) is 31.2 Å². The van der Waals surface area contributed by atoms with Crippen molar-refractivity contribution in [2.75, 3.05) is 26.3 Å². The quantitative estimate of drug-likeness (QED) is 0.490. The first-order valence-electron chi connectivity index (χ1n) is 11.5. The Morgan fingerprint density at radius 2 is 1.65 bits per heavy atom. The molecule has 1 aliphatic heterocycles. The number of H-pyrrole nitrogens is 1. The van der Waals surface area contributed by atoms with E-state index >= 15 is 0 Å². The van der Waals surface area contributed by atoms with Crippen molar-refractivity contribution in [3.8, 4) is 17.6 Å². The molecule has 0 amide bonds. The number of nitrogens with two attached hydrogens (primary N) is 1. The Bertz CT molecular complexity index is 1200. The van der Waals surface area contributed by atoms with Gasteiger partial charge in [-0.05, 0) is 48.7 Å². The lowest BCUT2D eigenvalue weighted by atomic mass is 9.89. The fraction of sp³-hybridized carbons (Fsp3) is 0.333. The molecule has 1 saturated heterocycles. The second kappa shape index (κ2) is 11.1. The molecule has 1 fully saturated rings. The lowest BCUT2D eigenvalue weighted by Crippen LogP contribution is -2.35. The Balaban J connectivity index is 1.40. The monoisotopic (exact) mass is 458 g/mol. The van der Waals surface area contributed by atoms with Gasteiger partial charge >= 0.3 is 0 Å². The van der Waals surface area contributed by atoms with Crippen LogP contribution < -0.4 is 11.3 Å². The molecule has 4 rings (SSSR count). The van der Waals surface area contributed by atoms with Crippen LogP contribution in [0.1, 0.15) is 40.8 Å². The van der Waals surface area contributed by atoms with E-state index in [9.17, 15) is 9.90 Å². The van der Waals surface area contributed by atoms with Gasteiger partial charge in [0.1, 0.15) is 0 Å². The summed E-state index contributed by atoms with van der Waals surface area (Å²) in [4.78, 5) is 20.7. The summed E-state index contributed by atoms with van der Waals surface area (Å²) in [5.41, 5.74) is 10.1. The predicted molar refractivity (Wildman–Crippen MR) is 132 cm³/mol. The normalized spacial score (nSPS) is 15.8. The summed E-state index contributed by atoms with van der Waals surface area (Å²) in [6.07, 6.45) is 1.85. The van der Waals surface area contributed by atoms with E-state index in [0.717, 1.165) is 49.5 Å². The van der Waals surface area contributed by atoms with Gasteiger partial charge in [0.25, 0.3) is 5.56 Å². The van der Waals surface area contributed by atoms with Gasteiger partial charge in [0.15, 0.2) is 0 Å². The molecule has 4 N–H and O–H groups in total. The highest BCUT2D eigenvalue weighted by Crippen LogP contribution is 2.26. The first kappa shape index (κ1) is 23.7. The van der Waals surface area contributed by atoms with Crippen molar-refractivity contribution in [2.45, 2.75) is 31.8 Å². The lowest BCUT2D eigenvalue weighted by Gasteiger charge is -2.26. The Hall–Kier alpha value is -3.44. The molecule has 34 heavy (non-hydrogen) atoms. The molecular formula is C27H30N4O3. The Morgan fingerprint density at radius 3 is 2.24 bits per heavy atom. The average Bonchev–Trinajstić information content (AvgIpc) is 2.85. The van der Waals surface area contributed by atoms with Gasteiger partial charge in [-0.1, -0.05) is 36.1 Å². The zero-order valence-corrected chi connectivity index (χ0v) is 19.3. The maximum Gasteiger partial charge on any atom is 0.293 e. The minimum Gasteiger partial charge on any atom is -0.502 e. The number of aromatic hydroxyl groups is 1. The maximum absolute atomic E-state index is 11.8. The smallest absolute Gasteiger partial charge is 0.293 e. The van der Waals surface area contributed by atoms with Crippen LogP contribution in [0.4, 0.5) is 0 Å². The molecule has 0 bridgehead atoms. The van der Waals surface area contributed by atoms with Gasteiger partial charge in [-0.3, -0.25) is 9.69 Å². The van der Waals surface area contributed by atoms with Crippen LogP contribution in [0.5, 0.6) is 5.75 Å². The topological polar surface area (TPSA) is 104 Å².